The zero-order valence-electron chi connectivity index (χ0n) is 8.49. The van der Waals surface area contributed by atoms with E-state index in [2.05, 4.69) is 11.9 Å². The molecule has 0 aromatic heterocycles. The highest BCUT2D eigenvalue weighted by molar-refractivity contribution is 5.78. The van der Waals surface area contributed by atoms with Gasteiger partial charge < -0.3 is 9.89 Å². The summed E-state index contributed by atoms with van der Waals surface area (Å²) in [6.45, 7) is 3.98. The van der Waals surface area contributed by atoms with Crippen molar-refractivity contribution >= 4 is 12.1 Å². The van der Waals surface area contributed by atoms with E-state index in [9.17, 15) is 4.79 Å². The molecule has 1 unspecified atom stereocenters. The van der Waals surface area contributed by atoms with Crippen molar-refractivity contribution in [2.24, 2.45) is 10.9 Å². The second kappa shape index (κ2) is 10.7. The van der Waals surface area contributed by atoms with Gasteiger partial charge in [0.05, 0.1) is 0 Å². The molecule has 98 valence electrons. The quantitative estimate of drug-likeness (QED) is 0.682. The minimum atomic E-state index is 0. The average Bonchev–Trinajstić information content (AvgIpc) is 2.48. The molecule has 1 aliphatic rings. The minimum absolute atomic E-state index is 0. The molecule has 1 atom stereocenters. The average molecular weight is 230 g/mol. The SMILES string of the molecule is C.C.C.CN=CC(C)CCN1CCCC1=O. The van der Waals surface area contributed by atoms with Crippen LogP contribution in [0.3, 0.4) is 0 Å². The van der Waals surface area contributed by atoms with Gasteiger partial charge in [0.2, 0.25) is 5.91 Å². The molecular weight excluding hydrogens is 200 g/mol. The van der Waals surface area contributed by atoms with E-state index >= 15 is 0 Å². The van der Waals surface area contributed by atoms with E-state index < -0.39 is 0 Å². The van der Waals surface area contributed by atoms with E-state index in [0.29, 0.717) is 11.8 Å². The summed E-state index contributed by atoms with van der Waals surface area (Å²) in [5, 5.41) is 0. The fraction of sp³-hybridized carbons (Fsp3) is 0.846. The molecular formula is C13H30N2O. The molecule has 1 aliphatic heterocycles. The highest BCUT2D eigenvalue weighted by Gasteiger charge is 2.19. The van der Waals surface area contributed by atoms with Gasteiger partial charge in [-0.15, -0.1) is 0 Å². The van der Waals surface area contributed by atoms with Gasteiger partial charge in [0.15, 0.2) is 0 Å². The van der Waals surface area contributed by atoms with Crippen molar-refractivity contribution in [3.63, 3.8) is 0 Å². The maximum Gasteiger partial charge on any atom is 0.222 e. The Kier molecular flexibility index (Phi) is 13.7. The number of nitrogens with zero attached hydrogens (tertiary/aromatic N) is 2. The molecule has 3 nitrogen and oxygen atoms in total. The molecule has 1 heterocycles. The predicted molar refractivity (Wildman–Crippen MR) is 74.2 cm³/mol. The smallest absolute Gasteiger partial charge is 0.222 e. The first-order valence-electron chi connectivity index (χ1n) is 4.94. The zero-order valence-corrected chi connectivity index (χ0v) is 8.49. The number of rotatable bonds is 4. The Balaban J connectivity index is -0.000000563. The van der Waals surface area contributed by atoms with E-state index in [1.807, 2.05) is 11.1 Å². The summed E-state index contributed by atoms with van der Waals surface area (Å²) in [7, 11) is 1.79. The van der Waals surface area contributed by atoms with Crippen LogP contribution in [-0.4, -0.2) is 37.2 Å². The Morgan fingerprint density at radius 1 is 1.44 bits per heavy atom. The number of hydrogen-bond acceptors (Lipinski definition) is 2. The van der Waals surface area contributed by atoms with Crippen LogP contribution < -0.4 is 0 Å². The second-order valence-corrected chi connectivity index (χ2v) is 3.66. The van der Waals surface area contributed by atoms with Crippen LogP contribution in [0.15, 0.2) is 4.99 Å². The van der Waals surface area contributed by atoms with Gasteiger partial charge in [-0.25, -0.2) is 0 Å². The van der Waals surface area contributed by atoms with Crippen LogP contribution in [0, 0.1) is 5.92 Å². The van der Waals surface area contributed by atoms with Crippen molar-refractivity contribution in [3.05, 3.63) is 0 Å². The van der Waals surface area contributed by atoms with Crippen LogP contribution in [0.4, 0.5) is 0 Å². The molecule has 0 aromatic rings. The van der Waals surface area contributed by atoms with Gasteiger partial charge in [-0.05, 0) is 18.8 Å². The Morgan fingerprint density at radius 3 is 2.50 bits per heavy atom. The van der Waals surface area contributed by atoms with Crippen LogP contribution >= 0.6 is 0 Å². The molecule has 0 N–H and O–H groups in total. The molecule has 0 saturated carbocycles. The molecule has 1 rings (SSSR count). The maximum absolute atomic E-state index is 11.2. The van der Waals surface area contributed by atoms with Crippen molar-refractivity contribution in [3.8, 4) is 0 Å². The first-order chi connectivity index (χ1) is 6.24. The Bertz CT molecular complexity index is 202. The van der Waals surface area contributed by atoms with Crippen molar-refractivity contribution in [1.82, 2.24) is 4.90 Å². The van der Waals surface area contributed by atoms with E-state index in [4.69, 9.17) is 0 Å². The number of likely N-dealkylation sites (tertiary alicyclic amines) is 1. The summed E-state index contributed by atoms with van der Waals surface area (Å²) >= 11 is 0. The number of amides is 1. The predicted octanol–water partition coefficient (Wildman–Crippen LogP) is 3.24. The van der Waals surface area contributed by atoms with Crippen LogP contribution in [0.2, 0.25) is 0 Å². The normalized spacial score (nSPS) is 16.4. The lowest BCUT2D eigenvalue weighted by molar-refractivity contribution is -0.127. The Hall–Kier alpha value is -0.860. The van der Waals surface area contributed by atoms with E-state index in [1.54, 1.807) is 7.05 Å². The van der Waals surface area contributed by atoms with Crippen molar-refractivity contribution in [2.75, 3.05) is 20.1 Å². The highest BCUT2D eigenvalue weighted by atomic mass is 16.2. The Morgan fingerprint density at radius 2 is 2.06 bits per heavy atom. The molecule has 0 aromatic carbocycles. The topological polar surface area (TPSA) is 32.7 Å². The largest absolute Gasteiger partial charge is 0.343 e. The lowest BCUT2D eigenvalue weighted by atomic mass is 10.1. The fourth-order valence-electron chi connectivity index (χ4n) is 1.63. The maximum atomic E-state index is 11.2. The summed E-state index contributed by atoms with van der Waals surface area (Å²) in [4.78, 5) is 17.2. The highest BCUT2D eigenvalue weighted by Crippen LogP contribution is 2.11. The third-order valence-corrected chi connectivity index (χ3v) is 2.43. The Labute approximate surface area is 102 Å². The van der Waals surface area contributed by atoms with Gasteiger partial charge in [-0.2, -0.15) is 0 Å². The molecule has 1 fully saturated rings. The first-order valence-corrected chi connectivity index (χ1v) is 4.94. The standard InChI is InChI=1S/C10H18N2O.3CH4/c1-9(8-11-2)5-7-12-6-3-4-10(12)13;;;/h8-9H,3-7H2,1-2H3;3*1H4. The van der Waals surface area contributed by atoms with Gasteiger partial charge >= 0.3 is 0 Å². The van der Waals surface area contributed by atoms with Gasteiger partial charge in [0.1, 0.15) is 0 Å². The second-order valence-electron chi connectivity index (χ2n) is 3.66. The minimum Gasteiger partial charge on any atom is -0.343 e. The van der Waals surface area contributed by atoms with Crippen LogP contribution in [-0.2, 0) is 4.79 Å². The van der Waals surface area contributed by atoms with Crippen LogP contribution in [0.25, 0.3) is 0 Å². The number of aliphatic imine (C=N–C) groups is 1. The molecule has 1 amide bonds. The summed E-state index contributed by atoms with van der Waals surface area (Å²) in [5.74, 6) is 0.805. The molecule has 16 heavy (non-hydrogen) atoms. The third kappa shape index (κ3) is 6.59. The molecule has 0 spiro atoms. The molecule has 0 bridgehead atoms. The summed E-state index contributed by atoms with van der Waals surface area (Å²) in [5.41, 5.74) is 0. The van der Waals surface area contributed by atoms with Gasteiger partial charge in [0.25, 0.3) is 0 Å². The molecule has 1 saturated heterocycles. The summed E-state index contributed by atoms with van der Waals surface area (Å²) in [6.07, 6.45) is 4.76. The third-order valence-electron chi connectivity index (χ3n) is 2.43. The number of hydrogen-bond donors (Lipinski definition) is 0. The lowest BCUT2D eigenvalue weighted by Crippen LogP contribution is -2.26. The monoisotopic (exact) mass is 230 g/mol. The fourth-order valence-corrected chi connectivity index (χ4v) is 1.63. The van der Waals surface area contributed by atoms with Crippen molar-refractivity contribution in [2.45, 2.75) is 48.5 Å². The zero-order chi connectivity index (χ0) is 9.68. The van der Waals surface area contributed by atoms with Crippen molar-refractivity contribution in [1.29, 1.82) is 0 Å². The first kappa shape index (κ1) is 20.5. The van der Waals surface area contributed by atoms with Gasteiger partial charge in [0, 0.05) is 32.8 Å². The van der Waals surface area contributed by atoms with E-state index in [1.165, 1.54) is 0 Å². The van der Waals surface area contributed by atoms with Crippen molar-refractivity contribution < 1.29 is 4.79 Å². The lowest BCUT2D eigenvalue weighted by Gasteiger charge is -2.16. The summed E-state index contributed by atoms with van der Waals surface area (Å²) in [6, 6.07) is 0. The summed E-state index contributed by atoms with van der Waals surface area (Å²) < 4.78 is 0. The number of carbonyl (C=O) groups excluding carboxylic acids is 1. The molecule has 0 radical (unpaired) electrons. The van der Waals surface area contributed by atoms with E-state index in [0.717, 1.165) is 32.4 Å². The van der Waals surface area contributed by atoms with Gasteiger partial charge in [-0.3, -0.25) is 4.79 Å². The van der Waals surface area contributed by atoms with Gasteiger partial charge in [-0.1, -0.05) is 29.2 Å². The van der Waals surface area contributed by atoms with Crippen LogP contribution in [0.5, 0.6) is 0 Å². The van der Waals surface area contributed by atoms with E-state index in [-0.39, 0.29) is 22.3 Å². The number of carbonyl (C=O) groups is 1. The molecule has 0 aliphatic carbocycles. The molecule has 3 heteroatoms. The van der Waals surface area contributed by atoms with Crippen LogP contribution in [0.1, 0.15) is 48.5 Å².